The van der Waals surface area contributed by atoms with Crippen LogP contribution < -0.4 is 10.1 Å². The topological polar surface area (TPSA) is 84.9 Å². The number of amides is 1. The number of morpholine rings is 1. The van der Waals surface area contributed by atoms with Crippen molar-refractivity contribution < 1.29 is 27.1 Å². The van der Waals surface area contributed by atoms with Gasteiger partial charge in [0.25, 0.3) is 5.91 Å². The van der Waals surface area contributed by atoms with Crippen LogP contribution in [-0.4, -0.2) is 51.5 Å². The van der Waals surface area contributed by atoms with Gasteiger partial charge in [-0.25, -0.2) is 12.8 Å². The number of nitrogens with zero attached hydrogens (tertiary/aromatic N) is 1. The van der Waals surface area contributed by atoms with Crippen LogP contribution in [0.1, 0.15) is 0 Å². The summed E-state index contributed by atoms with van der Waals surface area (Å²) >= 11 is 9.11. The van der Waals surface area contributed by atoms with E-state index in [-0.39, 0.29) is 47.7 Å². The van der Waals surface area contributed by atoms with Crippen LogP contribution in [0.5, 0.6) is 5.75 Å². The minimum Gasteiger partial charge on any atom is -0.482 e. The number of benzene rings is 2. The van der Waals surface area contributed by atoms with E-state index in [4.69, 9.17) is 21.1 Å². The first-order valence-electron chi connectivity index (χ1n) is 8.52. The lowest BCUT2D eigenvalue weighted by Crippen LogP contribution is -2.40. The molecule has 29 heavy (non-hydrogen) atoms. The van der Waals surface area contributed by atoms with Crippen molar-refractivity contribution in [1.29, 1.82) is 0 Å². The summed E-state index contributed by atoms with van der Waals surface area (Å²) in [5.74, 6) is -1.28. The predicted octanol–water partition coefficient (Wildman–Crippen LogP) is 3.28. The summed E-state index contributed by atoms with van der Waals surface area (Å²) in [6, 6.07) is 8.29. The van der Waals surface area contributed by atoms with Crippen molar-refractivity contribution in [2.24, 2.45) is 0 Å². The quantitative estimate of drug-likeness (QED) is 0.649. The van der Waals surface area contributed by atoms with Crippen molar-refractivity contribution in [2.45, 2.75) is 4.90 Å². The lowest BCUT2D eigenvalue weighted by molar-refractivity contribution is -0.118. The van der Waals surface area contributed by atoms with Gasteiger partial charge in [-0.1, -0.05) is 27.5 Å². The van der Waals surface area contributed by atoms with Gasteiger partial charge in [0.1, 0.15) is 16.5 Å². The van der Waals surface area contributed by atoms with E-state index in [9.17, 15) is 17.6 Å². The Kier molecular flexibility index (Phi) is 7.12. The van der Waals surface area contributed by atoms with Crippen molar-refractivity contribution in [2.75, 3.05) is 38.2 Å². The molecule has 3 rings (SSSR count). The molecule has 1 amide bonds. The van der Waals surface area contributed by atoms with Crippen LogP contribution in [0.3, 0.4) is 0 Å². The molecular formula is C18H17BrClFN2O5S. The van der Waals surface area contributed by atoms with E-state index in [0.29, 0.717) is 4.47 Å². The highest BCUT2D eigenvalue weighted by Crippen LogP contribution is 2.30. The Morgan fingerprint density at radius 3 is 2.66 bits per heavy atom. The van der Waals surface area contributed by atoms with Crippen molar-refractivity contribution in [1.82, 2.24) is 4.31 Å². The number of halogens is 3. The average molecular weight is 508 g/mol. The van der Waals surface area contributed by atoms with Crippen molar-refractivity contribution in [3.63, 3.8) is 0 Å². The number of carbonyl (C=O) groups is 1. The smallest absolute Gasteiger partial charge is 0.262 e. The lowest BCUT2D eigenvalue weighted by atomic mass is 10.3. The molecule has 7 nitrogen and oxygen atoms in total. The van der Waals surface area contributed by atoms with E-state index in [1.807, 2.05) is 0 Å². The molecule has 2 aromatic carbocycles. The number of rotatable bonds is 6. The molecule has 1 aliphatic heterocycles. The van der Waals surface area contributed by atoms with Gasteiger partial charge in [-0.3, -0.25) is 4.79 Å². The van der Waals surface area contributed by atoms with Gasteiger partial charge < -0.3 is 14.8 Å². The molecule has 0 saturated carbocycles. The molecule has 1 aliphatic rings. The Bertz CT molecular complexity index is 1020. The zero-order valence-corrected chi connectivity index (χ0v) is 18.2. The summed E-state index contributed by atoms with van der Waals surface area (Å²) < 4.78 is 52.2. The maximum atomic E-state index is 13.8. The number of carbonyl (C=O) groups excluding carboxylic acids is 1. The van der Waals surface area contributed by atoms with Crippen molar-refractivity contribution >= 4 is 49.1 Å². The maximum Gasteiger partial charge on any atom is 0.262 e. The predicted molar refractivity (Wildman–Crippen MR) is 109 cm³/mol. The first-order valence-corrected chi connectivity index (χ1v) is 11.1. The minimum absolute atomic E-state index is 0.0148. The van der Waals surface area contributed by atoms with E-state index >= 15 is 0 Å². The zero-order valence-electron chi connectivity index (χ0n) is 15.0. The number of hydrogen-bond acceptors (Lipinski definition) is 5. The van der Waals surface area contributed by atoms with Crippen LogP contribution in [0.15, 0.2) is 45.8 Å². The molecule has 0 aliphatic carbocycles. The molecule has 0 aromatic heterocycles. The van der Waals surface area contributed by atoms with Gasteiger partial charge in [-0.2, -0.15) is 4.31 Å². The molecule has 0 atom stereocenters. The Balaban J connectivity index is 1.75. The standard InChI is InChI=1S/C18H17BrClFN2O5S/c19-12-1-3-15(14(21)9-12)22-18(24)11-28-16-4-2-13(20)10-17(16)29(25,26)23-5-7-27-8-6-23/h1-4,9-10H,5-8,11H2,(H,22,24). The fourth-order valence-corrected chi connectivity index (χ4v) is 4.78. The van der Waals surface area contributed by atoms with Crippen LogP contribution in [-0.2, 0) is 19.6 Å². The van der Waals surface area contributed by atoms with Gasteiger partial charge in [0.05, 0.1) is 18.9 Å². The van der Waals surface area contributed by atoms with Crippen molar-refractivity contribution in [3.8, 4) is 5.75 Å². The van der Waals surface area contributed by atoms with Crippen molar-refractivity contribution in [3.05, 3.63) is 51.7 Å². The zero-order chi connectivity index (χ0) is 21.0. The third kappa shape index (κ3) is 5.46. The first kappa shape index (κ1) is 22.0. The fourth-order valence-electron chi connectivity index (χ4n) is 2.65. The molecule has 0 unspecified atom stereocenters. The number of anilines is 1. The van der Waals surface area contributed by atoms with Gasteiger partial charge >= 0.3 is 0 Å². The summed E-state index contributed by atoms with van der Waals surface area (Å²) in [5, 5.41) is 2.59. The number of ether oxygens (including phenoxy) is 2. The summed E-state index contributed by atoms with van der Waals surface area (Å²) in [4.78, 5) is 12.0. The summed E-state index contributed by atoms with van der Waals surface area (Å²) in [6.45, 7) is 0.478. The van der Waals surface area contributed by atoms with E-state index in [1.165, 1.54) is 34.6 Å². The second-order valence-electron chi connectivity index (χ2n) is 6.07. The van der Waals surface area contributed by atoms with Gasteiger partial charge in [0.2, 0.25) is 10.0 Å². The third-order valence-electron chi connectivity index (χ3n) is 4.06. The van der Waals surface area contributed by atoms with Gasteiger partial charge in [-0.05, 0) is 36.4 Å². The summed E-state index contributed by atoms with van der Waals surface area (Å²) in [7, 11) is -3.89. The van der Waals surface area contributed by atoms with E-state index in [2.05, 4.69) is 21.2 Å². The van der Waals surface area contributed by atoms with Gasteiger partial charge in [-0.15, -0.1) is 0 Å². The maximum absolute atomic E-state index is 13.8. The highest BCUT2D eigenvalue weighted by Gasteiger charge is 2.29. The van der Waals surface area contributed by atoms with Gasteiger partial charge in [0, 0.05) is 22.6 Å². The highest BCUT2D eigenvalue weighted by molar-refractivity contribution is 9.10. The van der Waals surface area contributed by atoms with Crippen LogP contribution >= 0.6 is 27.5 Å². The second-order valence-corrected chi connectivity index (χ2v) is 9.33. The molecule has 1 saturated heterocycles. The number of sulfonamides is 1. The Labute approximate surface area is 180 Å². The second kappa shape index (κ2) is 9.40. The highest BCUT2D eigenvalue weighted by atomic mass is 79.9. The lowest BCUT2D eigenvalue weighted by Gasteiger charge is -2.26. The van der Waals surface area contributed by atoms with Crippen LogP contribution in [0.2, 0.25) is 5.02 Å². The fraction of sp³-hybridized carbons (Fsp3) is 0.278. The van der Waals surface area contributed by atoms with Gasteiger partial charge in [0.15, 0.2) is 6.61 Å². The number of nitrogens with one attached hydrogen (secondary N) is 1. The molecule has 0 spiro atoms. The molecular weight excluding hydrogens is 491 g/mol. The van der Waals surface area contributed by atoms with Crippen LogP contribution in [0.4, 0.5) is 10.1 Å². The molecule has 11 heteroatoms. The molecule has 1 heterocycles. The van der Waals surface area contributed by atoms with Crippen LogP contribution in [0.25, 0.3) is 0 Å². The molecule has 0 bridgehead atoms. The number of hydrogen-bond donors (Lipinski definition) is 1. The largest absolute Gasteiger partial charge is 0.482 e. The normalized spacial score (nSPS) is 15.1. The Morgan fingerprint density at radius 1 is 1.24 bits per heavy atom. The third-order valence-corrected chi connectivity index (χ3v) is 6.71. The molecule has 156 valence electrons. The van der Waals surface area contributed by atoms with E-state index in [0.717, 1.165) is 0 Å². The molecule has 2 aromatic rings. The molecule has 1 N–H and O–H groups in total. The minimum atomic E-state index is -3.89. The monoisotopic (exact) mass is 506 g/mol. The summed E-state index contributed by atoms with van der Waals surface area (Å²) in [6.07, 6.45) is 0. The Morgan fingerprint density at radius 2 is 1.97 bits per heavy atom. The SMILES string of the molecule is O=C(COc1ccc(Cl)cc1S(=O)(=O)N1CCOCC1)Nc1ccc(Br)cc1F. The molecule has 1 fully saturated rings. The van der Waals surface area contributed by atoms with Crippen LogP contribution in [0, 0.1) is 5.82 Å². The molecule has 0 radical (unpaired) electrons. The average Bonchev–Trinajstić information content (AvgIpc) is 2.70. The Hall–Kier alpha value is -1.72. The first-order chi connectivity index (χ1) is 13.8. The van der Waals surface area contributed by atoms with E-state index in [1.54, 1.807) is 6.07 Å². The summed E-state index contributed by atoms with van der Waals surface area (Å²) in [5.41, 5.74) is -0.0148. The van der Waals surface area contributed by atoms with E-state index < -0.39 is 28.4 Å².